The maximum Gasteiger partial charge on any atom is 0.254 e. The maximum absolute atomic E-state index is 13.3. The first-order valence-electron chi connectivity index (χ1n) is 9.99. The van der Waals surface area contributed by atoms with E-state index in [2.05, 4.69) is 15.5 Å². The van der Waals surface area contributed by atoms with Crippen LogP contribution in [0.15, 0.2) is 65.8 Å². The molecule has 0 spiro atoms. The third kappa shape index (κ3) is 3.19. The van der Waals surface area contributed by atoms with Gasteiger partial charge < -0.3 is 4.90 Å². The molecule has 2 bridgehead atoms. The van der Waals surface area contributed by atoms with Crippen LogP contribution in [0.2, 0.25) is 0 Å². The zero-order valence-electron chi connectivity index (χ0n) is 16.2. The highest BCUT2D eigenvalue weighted by Gasteiger charge is 2.47. The van der Waals surface area contributed by atoms with E-state index in [0.717, 1.165) is 12.8 Å². The molecule has 5 rings (SSSR count). The molecule has 3 aromatic rings. The molecule has 2 aromatic carbocycles. The van der Waals surface area contributed by atoms with E-state index in [9.17, 15) is 13.2 Å². The number of tetrazole rings is 1. The molecule has 8 nitrogen and oxygen atoms in total. The summed E-state index contributed by atoms with van der Waals surface area (Å²) in [6.07, 6.45) is 4.11. The zero-order chi connectivity index (χ0) is 20.7. The number of hydrogen-bond acceptors (Lipinski definition) is 6. The Hall–Kier alpha value is -3.07. The van der Waals surface area contributed by atoms with Gasteiger partial charge >= 0.3 is 0 Å². The Morgan fingerprint density at radius 1 is 0.967 bits per heavy atom. The number of fused-ring (bicyclic) bond motifs is 2. The monoisotopic (exact) mass is 423 g/mol. The fraction of sp³-hybridized carbons (Fsp3) is 0.333. The van der Waals surface area contributed by atoms with E-state index in [1.807, 2.05) is 17.0 Å². The summed E-state index contributed by atoms with van der Waals surface area (Å²) >= 11 is 0. The number of hydrogen-bond donors (Lipinski definition) is 0. The Labute approximate surface area is 174 Å². The summed E-state index contributed by atoms with van der Waals surface area (Å²) in [6.45, 7) is 0. The smallest absolute Gasteiger partial charge is 0.254 e. The van der Waals surface area contributed by atoms with Crippen molar-refractivity contribution in [1.82, 2.24) is 25.1 Å². The van der Waals surface area contributed by atoms with Crippen molar-refractivity contribution >= 4 is 15.7 Å². The molecular formula is C21H21N5O3S. The Kier molecular flexibility index (Phi) is 4.62. The minimum atomic E-state index is -3.40. The summed E-state index contributed by atoms with van der Waals surface area (Å²) < 4.78 is 27.7. The van der Waals surface area contributed by atoms with Crippen LogP contribution in [0.5, 0.6) is 0 Å². The second kappa shape index (κ2) is 7.32. The lowest BCUT2D eigenvalue weighted by Gasteiger charge is -2.38. The van der Waals surface area contributed by atoms with Crippen LogP contribution in [0.1, 0.15) is 36.0 Å². The van der Waals surface area contributed by atoms with Crippen molar-refractivity contribution in [3.8, 4) is 5.69 Å². The fourth-order valence-electron chi connectivity index (χ4n) is 4.72. The van der Waals surface area contributed by atoms with Crippen molar-refractivity contribution in [2.75, 3.05) is 0 Å². The highest BCUT2D eigenvalue weighted by Crippen LogP contribution is 2.40. The lowest BCUT2D eigenvalue weighted by atomic mass is 10.0. The van der Waals surface area contributed by atoms with Crippen LogP contribution in [0.3, 0.4) is 0 Å². The summed E-state index contributed by atoms with van der Waals surface area (Å²) in [7, 11) is -3.40. The number of nitrogens with zero attached hydrogens (tertiary/aromatic N) is 5. The van der Waals surface area contributed by atoms with Gasteiger partial charge in [-0.1, -0.05) is 24.3 Å². The molecule has 2 aliphatic rings. The van der Waals surface area contributed by atoms with Gasteiger partial charge in [0, 0.05) is 17.6 Å². The van der Waals surface area contributed by atoms with Crippen molar-refractivity contribution in [2.45, 2.75) is 47.9 Å². The summed E-state index contributed by atoms with van der Waals surface area (Å²) in [4.78, 5) is 15.6. The number of sulfone groups is 1. The molecule has 0 radical (unpaired) electrons. The van der Waals surface area contributed by atoms with Crippen molar-refractivity contribution in [3.05, 3.63) is 66.5 Å². The molecule has 0 N–H and O–H groups in total. The fourth-order valence-corrected chi connectivity index (χ4v) is 6.60. The average molecular weight is 423 g/mol. The summed E-state index contributed by atoms with van der Waals surface area (Å²) in [5.41, 5.74) is 1.27. The lowest BCUT2D eigenvalue weighted by Crippen LogP contribution is -2.49. The highest BCUT2D eigenvalue weighted by molar-refractivity contribution is 7.92. The highest BCUT2D eigenvalue weighted by atomic mass is 32.2. The van der Waals surface area contributed by atoms with Crippen LogP contribution in [0, 0.1) is 0 Å². The molecule has 2 atom stereocenters. The predicted molar refractivity (Wildman–Crippen MR) is 109 cm³/mol. The standard InChI is InChI=1S/C21H21N5O3S/c27-21(15-5-4-6-16(11-15)25-14-22-23-24-25)26-17-9-10-18(26)13-20(12-17)30(28,29)19-7-2-1-3-8-19/h1-8,11,14,17-18,20H,9-10,12-13H2. The van der Waals surface area contributed by atoms with Gasteiger partial charge in [-0.25, -0.2) is 13.1 Å². The van der Waals surface area contributed by atoms with Gasteiger partial charge in [0.25, 0.3) is 5.91 Å². The summed E-state index contributed by atoms with van der Waals surface area (Å²) in [5, 5.41) is 10.7. The third-order valence-electron chi connectivity index (χ3n) is 6.14. The molecule has 1 aromatic heterocycles. The van der Waals surface area contributed by atoms with Crippen LogP contribution >= 0.6 is 0 Å². The first-order chi connectivity index (χ1) is 14.5. The van der Waals surface area contributed by atoms with E-state index in [1.165, 1.54) is 11.0 Å². The van der Waals surface area contributed by atoms with Gasteiger partial charge in [0.2, 0.25) is 0 Å². The Morgan fingerprint density at radius 3 is 2.37 bits per heavy atom. The van der Waals surface area contributed by atoms with Crippen molar-refractivity contribution in [2.24, 2.45) is 0 Å². The molecule has 3 heterocycles. The van der Waals surface area contributed by atoms with Crippen LogP contribution in [0.25, 0.3) is 5.69 Å². The van der Waals surface area contributed by atoms with Gasteiger partial charge in [-0.3, -0.25) is 4.79 Å². The molecule has 9 heteroatoms. The second-order valence-electron chi connectivity index (χ2n) is 7.85. The molecule has 0 saturated carbocycles. The van der Waals surface area contributed by atoms with Crippen molar-refractivity contribution in [1.29, 1.82) is 0 Å². The molecule has 0 aliphatic carbocycles. The zero-order valence-corrected chi connectivity index (χ0v) is 17.0. The van der Waals surface area contributed by atoms with Crippen LogP contribution in [-0.2, 0) is 9.84 Å². The van der Waals surface area contributed by atoms with E-state index < -0.39 is 15.1 Å². The van der Waals surface area contributed by atoms with E-state index in [0.29, 0.717) is 29.0 Å². The normalized spacial score (nSPS) is 23.5. The molecular weight excluding hydrogens is 402 g/mol. The van der Waals surface area contributed by atoms with E-state index in [1.54, 1.807) is 42.5 Å². The van der Waals surface area contributed by atoms with Gasteiger partial charge in [0.15, 0.2) is 9.84 Å². The largest absolute Gasteiger partial charge is 0.333 e. The molecule has 2 aliphatic heterocycles. The number of rotatable bonds is 4. The Balaban J connectivity index is 1.38. The number of aromatic nitrogens is 4. The van der Waals surface area contributed by atoms with Gasteiger partial charge in [-0.2, -0.15) is 0 Å². The first-order valence-corrected chi connectivity index (χ1v) is 11.5. The second-order valence-corrected chi connectivity index (χ2v) is 10.1. The molecule has 2 fully saturated rings. The molecule has 154 valence electrons. The molecule has 2 unspecified atom stereocenters. The minimum Gasteiger partial charge on any atom is -0.333 e. The quantitative estimate of drug-likeness (QED) is 0.638. The average Bonchev–Trinajstić information content (AvgIpc) is 3.40. The van der Waals surface area contributed by atoms with Gasteiger partial charge in [-0.05, 0) is 66.4 Å². The van der Waals surface area contributed by atoms with Crippen molar-refractivity contribution < 1.29 is 13.2 Å². The third-order valence-corrected chi connectivity index (χ3v) is 8.33. The minimum absolute atomic E-state index is 0.0589. The topological polar surface area (TPSA) is 98.1 Å². The Bertz CT molecular complexity index is 1150. The number of amides is 1. The van der Waals surface area contributed by atoms with E-state index in [-0.39, 0.29) is 18.0 Å². The number of piperidine rings is 1. The summed E-state index contributed by atoms with van der Waals surface area (Å²) in [5.74, 6) is -0.0621. The number of benzene rings is 2. The van der Waals surface area contributed by atoms with Gasteiger partial charge in [-0.15, -0.1) is 5.10 Å². The Morgan fingerprint density at radius 2 is 1.70 bits per heavy atom. The predicted octanol–water partition coefficient (Wildman–Crippen LogP) is 2.27. The summed E-state index contributed by atoms with van der Waals surface area (Å²) in [6, 6.07) is 15.7. The van der Waals surface area contributed by atoms with Crippen LogP contribution in [-0.4, -0.2) is 56.8 Å². The van der Waals surface area contributed by atoms with Gasteiger partial charge in [0.1, 0.15) is 6.33 Å². The van der Waals surface area contributed by atoms with Crippen molar-refractivity contribution in [3.63, 3.8) is 0 Å². The SMILES string of the molecule is O=C(c1cccc(-n2cnnn2)c1)N1C2CCC1CC(S(=O)(=O)c1ccccc1)C2. The van der Waals surface area contributed by atoms with Crippen LogP contribution in [0.4, 0.5) is 0 Å². The first kappa shape index (κ1) is 18.9. The molecule has 1 amide bonds. The lowest BCUT2D eigenvalue weighted by molar-refractivity contribution is 0.0598. The van der Waals surface area contributed by atoms with E-state index in [4.69, 9.17) is 0 Å². The number of carbonyl (C=O) groups is 1. The van der Waals surface area contributed by atoms with Crippen LogP contribution < -0.4 is 0 Å². The maximum atomic E-state index is 13.3. The van der Waals surface area contributed by atoms with E-state index >= 15 is 0 Å². The van der Waals surface area contributed by atoms with Gasteiger partial charge in [0.05, 0.1) is 15.8 Å². The number of carbonyl (C=O) groups excluding carboxylic acids is 1. The molecule has 2 saturated heterocycles. The molecule has 30 heavy (non-hydrogen) atoms.